The highest BCUT2D eigenvalue weighted by Gasteiger charge is 2.06. The Labute approximate surface area is 119 Å². The molecule has 1 N–H and O–H groups in total. The van der Waals surface area contributed by atoms with Crippen LogP contribution in [0.15, 0.2) is 24.3 Å². The standard InChI is InChI=1S/C15H22O5/c1-2-3-9-20-15(17)13-4-6-14(7-5-13)19-12-11-18-10-8-16/h4-7,16H,2-3,8-12H2,1H3. The van der Waals surface area contributed by atoms with E-state index in [-0.39, 0.29) is 12.6 Å². The second-order valence-corrected chi connectivity index (χ2v) is 4.20. The lowest BCUT2D eigenvalue weighted by Gasteiger charge is -2.07. The van der Waals surface area contributed by atoms with Gasteiger partial charge in [0.15, 0.2) is 0 Å². The molecule has 0 aliphatic heterocycles. The highest BCUT2D eigenvalue weighted by Crippen LogP contribution is 2.13. The summed E-state index contributed by atoms with van der Waals surface area (Å²) in [5.74, 6) is 0.360. The quantitative estimate of drug-likeness (QED) is 0.525. The summed E-state index contributed by atoms with van der Waals surface area (Å²) in [6, 6.07) is 6.81. The largest absolute Gasteiger partial charge is 0.491 e. The molecule has 0 saturated carbocycles. The number of carbonyl (C=O) groups excluding carboxylic acids is 1. The minimum atomic E-state index is -0.309. The molecule has 1 aromatic carbocycles. The van der Waals surface area contributed by atoms with E-state index in [9.17, 15) is 4.79 Å². The van der Waals surface area contributed by atoms with Gasteiger partial charge in [0.1, 0.15) is 12.4 Å². The van der Waals surface area contributed by atoms with Crippen molar-refractivity contribution in [1.29, 1.82) is 0 Å². The predicted octanol–water partition coefficient (Wildman–Crippen LogP) is 2.03. The van der Waals surface area contributed by atoms with Crippen LogP contribution in [0.25, 0.3) is 0 Å². The second-order valence-electron chi connectivity index (χ2n) is 4.20. The first-order chi connectivity index (χ1) is 9.77. The Morgan fingerprint density at radius 2 is 1.85 bits per heavy atom. The second kappa shape index (κ2) is 10.2. The summed E-state index contributed by atoms with van der Waals surface area (Å²) < 4.78 is 15.6. The molecule has 0 atom stereocenters. The molecule has 0 aliphatic carbocycles. The van der Waals surface area contributed by atoms with Crippen LogP contribution < -0.4 is 4.74 Å². The summed E-state index contributed by atoms with van der Waals surface area (Å²) in [4.78, 5) is 11.7. The predicted molar refractivity (Wildman–Crippen MR) is 75.0 cm³/mol. The van der Waals surface area contributed by atoms with Crippen LogP contribution in [0.3, 0.4) is 0 Å². The van der Waals surface area contributed by atoms with E-state index in [2.05, 4.69) is 0 Å². The van der Waals surface area contributed by atoms with E-state index in [1.807, 2.05) is 6.92 Å². The number of aliphatic hydroxyl groups excluding tert-OH is 1. The Morgan fingerprint density at radius 1 is 1.10 bits per heavy atom. The number of esters is 1. The van der Waals surface area contributed by atoms with Crippen molar-refractivity contribution in [2.24, 2.45) is 0 Å². The molecule has 0 radical (unpaired) electrons. The number of aliphatic hydroxyl groups is 1. The first-order valence-corrected chi connectivity index (χ1v) is 6.86. The van der Waals surface area contributed by atoms with Crippen molar-refractivity contribution in [3.63, 3.8) is 0 Å². The molecule has 1 aromatic rings. The van der Waals surface area contributed by atoms with Crippen LogP contribution in [0, 0.1) is 0 Å². The van der Waals surface area contributed by atoms with Crippen LogP contribution in [0.1, 0.15) is 30.1 Å². The Balaban J connectivity index is 2.30. The average molecular weight is 282 g/mol. The van der Waals surface area contributed by atoms with Crippen molar-refractivity contribution in [2.75, 3.05) is 33.0 Å². The Morgan fingerprint density at radius 3 is 2.50 bits per heavy atom. The van der Waals surface area contributed by atoms with E-state index in [1.54, 1.807) is 24.3 Å². The van der Waals surface area contributed by atoms with Crippen LogP contribution in [0.5, 0.6) is 5.75 Å². The molecule has 5 nitrogen and oxygen atoms in total. The van der Waals surface area contributed by atoms with Gasteiger partial charge >= 0.3 is 5.97 Å². The van der Waals surface area contributed by atoms with Crippen molar-refractivity contribution in [3.05, 3.63) is 29.8 Å². The molecule has 0 amide bonds. The number of carbonyl (C=O) groups is 1. The number of hydrogen-bond acceptors (Lipinski definition) is 5. The summed E-state index contributed by atoms with van der Waals surface area (Å²) >= 11 is 0. The van der Waals surface area contributed by atoms with E-state index in [0.29, 0.717) is 37.7 Å². The van der Waals surface area contributed by atoms with Gasteiger partial charge in [-0.05, 0) is 30.7 Å². The van der Waals surface area contributed by atoms with Gasteiger partial charge in [-0.2, -0.15) is 0 Å². The minimum absolute atomic E-state index is 0.00877. The summed E-state index contributed by atoms with van der Waals surface area (Å²) in [6.07, 6.45) is 1.87. The third-order valence-electron chi connectivity index (χ3n) is 2.55. The highest BCUT2D eigenvalue weighted by molar-refractivity contribution is 5.89. The Bertz CT molecular complexity index is 374. The lowest BCUT2D eigenvalue weighted by Crippen LogP contribution is -2.09. The van der Waals surface area contributed by atoms with Gasteiger partial charge in [-0.25, -0.2) is 4.79 Å². The molecule has 0 fully saturated rings. The summed E-state index contributed by atoms with van der Waals surface area (Å²) in [5, 5.41) is 8.53. The molecule has 0 spiro atoms. The molecule has 0 aliphatic rings. The molecule has 0 heterocycles. The zero-order valence-corrected chi connectivity index (χ0v) is 11.8. The van der Waals surface area contributed by atoms with Gasteiger partial charge in [0, 0.05) is 0 Å². The van der Waals surface area contributed by atoms with Crippen LogP contribution in [0.2, 0.25) is 0 Å². The van der Waals surface area contributed by atoms with Gasteiger partial charge in [-0.15, -0.1) is 0 Å². The third kappa shape index (κ3) is 6.54. The fourth-order valence-electron chi connectivity index (χ4n) is 1.46. The van der Waals surface area contributed by atoms with Gasteiger partial charge < -0.3 is 19.3 Å². The molecule has 112 valence electrons. The first kappa shape index (κ1) is 16.5. The number of benzene rings is 1. The molecule has 0 aromatic heterocycles. The van der Waals surface area contributed by atoms with Crippen molar-refractivity contribution in [3.8, 4) is 5.75 Å². The normalized spacial score (nSPS) is 10.3. The van der Waals surface area contributed by atoms with E-state index < -0.39 is 0 Å². The van der Waals surface area contributed by atoms with E-state index >= 15 is 0 Å². The number of unbranched alkanes of at least 4 members (excludes halogenated alkanes) is 1. The fourth-order valence-corrected chi connectivity index (χ4v) is 1.46. The van der Waals surface area contributed by atoms with E-state index in [1.165, 1.54) is 0 Å². The van der Waals surface area contributed by atoms with Crippen molar-refractivity contribution in [2.45, 2.75) is 19.8 Å². The molecule has 0 unspecified atom stereocenters. The van der Waals surface area contributed by atoms with Crippen LogP contribution in [-0.2, 0) is 9.47 Å². The van der Waals surface area contributed by atoms with E-state index in [4.69, 9.17) is 19.3 Å². The zero-order chi connectivity index (χ0) is 14.6. The highest BCUT2D eigenvalue weighted by atomic mass is 16.5. The molecular weight excluding hydrogens is 260 g/mol. The monoisotopic (exact) mass is 282 g/mol. The average Bonchev–Trinajstić information content (AvgIpc) is 2.48. The Kier molecular flexibility index (Phi) is 8.42. The minimum Gasteiger partial charge on any atom is -0.491 e. The third-order valence-corrected chi connectivity index (χ3v) is 2.55. The zero-order valence-electron chi connectivity index (χ0n) is 11.8. The van der Waals surface area contributed by atoms with Gasteiger partial charge in [0.25, 0.3) is 0 Å². The van der Waals surface area contributed by atoms with Gasteiger partial charge in [0.2, 0.25) is 0 Å². The van der Waals surface area contributed by atoms with Crippen LogP contribution in [-0.4, -0.2) is 44.1 Å². The molecule has 0 saturated heterocycles. The Hall–Kier alpha value is -1.59. The van der Waals surface area contributed by atoms with Gasteiger partial charge in [-0.1, -0.05) is 13.3 Å². The smallest absolute Gasteiger partial charge is 0.338 e. The van der Waals surface area contributed by atoms with Crippen molar-refractivity contribution in [1.82, 2.24) is 0 Å². The molecule has 0 bridgehead atoms. The van der Waals surface area contributed by atoms with Gasteiger partial charge in [0.05, 0.1) is 32.0 Å². The number of hydrogen-bond donors (Lipinski definition) is 1. The molecular formula is C15H22O5. The molecule has 5 heteroatoms. The van der Waals surface area contributed by atoms with E-state index in [0.717, 1.165) is 12.8 Å². The summed E-state index contributed by atoms with van der Waals surface area (Å²) in [6.45, 7) is 3.64. The molecule has 20 heavy (non-hydrogen) atoms. The molecule has 1 rings (SSSR count). The SMILES string of the molecule is CCCCOC(=O)c1ccc(OCCOCCO)cc1. The van der Waals surface area contributed by atoms with Crippen LogP contribution in [0.4, 0.5) is 0 Å². The number of rotatable bonds is 10. The van der Waals surface area contributed by atoms with Gasteiger partial charge in [-0.3, -0.25) is 0 Å². The summed E-state index contributed by atoms with van der Waals surface area (Å²) in [7, 11) is 0. The lowest BCUT2D eigenvalue weighted by molar-refractivity contribution is 0.0499. The maximum Gasteiger partial charge on any atom is 0.338 e. The first-order valence-electron chi connectivity index (χ1n) is 6.86. The number of ether oxygens (including phenoxy) is 3. The fraction of sp³-hybridized carbons (Fsp3) is 0.533. The lowest BCUT2D eigenvalue weighted by atomic mass is 10.2. The van der Waals surface area contributed by atoms with Crippen LogP contribution >= 0.6 is 0 Å². The maximum atomic E-state index is 11.7. The van der Waals surface area contributed by atoms with Crippen molar-refractivity contribution < 1.29 is 24.1 Å². The topological polar surface area (TPSA) is 65.0 Å². The van der Waals surface area contributed by atoms with Crippen molar-refractivity contribution >= 4 is 5.97 Å². The summed E-state index contributed by atoms with van der Waals surface area (Å²) in [5.41, 5.74) is 0.519. The maximum absolute atomic E-state index is 11.7.